The van der Waals surface area contributed by atoms with Crippen LogP contribution >= 0.6 is 0 Å². The molecule has 0 N–H and O–H groups in total. The minimum Gasteiger partial charge on any atom is -0.454 e. The monoisotopic (exact) mass is 138 g/mol. The van der Waals surface area contributed by atoms with Crippen LogP contribution in [0.3, 0.4) is 0 Å². The fourth-order valence-corrected chi connectivity index (χ4v) is 0.830. The van der Waals surface area contributed by atoms with E-state index in [2.05, 4.69) is 19.7 Å². The molecule has 2 atom stereocenters. The summed E-state index contributed by atoms with van der Waals surface area (Å²) < 4.78 is 10.2. The predicted molar refractivity (Wildman–Crippen MR) is 39.3 cm³/mol. The van der Waals surface area contributed by atoms with Crippen LogP contribution in [0, 0.1) is 0 Å². The maximum Gasteiger partial charge on any atom is 0.273 e. The molecule has 0 amide bonds. The van der Waals surface area contributed by atoms with Gasteiger partial charge in [-0.1, -0.05) is 13.2 Å². The zero-order valence-electron chi connectivity index (χ0n) is 5.75. The van der Waals surface area contributed by atoms with E-state index in [0.29, 0.717) is 5.95 Å². The first-order chi connectivity index (χ1) is 4.77. The highest BCUT2D eigenvalue weighted by atomic mass is 16.7. The Morgan fingerprint density at radius 2 is 1.50 bits per heavy atom. The van der Waals surface area contributed by atoms with Gasteiger partial charge in [-0.15, -0.1) is 0 Å². The van der Waals surface area contributed by atoms with Gasteiger partial charge in [-0.25, -0.2) is 0 Å². The Bertz CT molecular complexity index is 154. The molecule has 1 fully saturated rings. The molecule has 2 unspecified atom stereocenters. The van der Waals surface area contributed by atoms with E-state index < -0.39 is 0 Å². The van der Waals surface area contributed by atoms with Crippen molar-refractivity contribution in [3.05, 3.63) is 37.8 Å². The van der Waals surface area contributed by atoms with Crippen LogP contribution in [0.5, 0.6) is 0 Å². The average Bonchev–Trinajstić information content (AvgIpc) is 2.30. The summed E-state index contributed by atoms with van der Waals surface area (Å²) in [6.07, 6.45) is 3.10. The highest BCUT2D eigenvalue weighted by Gasteiger charge is 2.27. The largest absolute Gasteiger partial charge is 0.454 e. The van der Waals surface area contributed by atoms with Gasteiger partial charge < -0.3 is 9.47 Å². The second-order valence-corrected chi connectivity index (χ2v) is 2.01. The molecule has 0 bridgehead atoms. The normalized spacial score (nSPS) is 30.6. The Morgan fingerprint density at radius 3 is 1.80 bits per heavy atom. The Morgan fingerprint density at radius 1 is 1.10 bits per heavy atom. The molecule has 2 heteroatoms. The molecule has 2 nitrogen and oxygen atoms in total. The molecule has 10 heavy (non-hydrogen) atoms. The van der Waals surface area contributed by atoms with Gasteiger partial charge in [-0.3, -0.25) is 0 Å². The van der Waals surface area contributed by atoms with Crippen molar-refractivity contribution in [2.45, 2.75) is 12.2 Å². The third-order valence-corrected chi connectivity index (χ3v) is 1.32. The fraction of sp³-hybridized carbons (Fsp3) is 0.250. The van der Waals surface area contributed by atoms with Crippen molar-refractivity contribution in [1.29, 1.82) is 0 Å². The smallest absolute Gasteiger partial charge is 0.273 e. The SMILES string of the molecule is C=CC1OC(=C)OC1C=C. The first kappa shape index (κ1) is 6.93. The molecule has 0 saturated carbocycles. The van der Waals surface area contributed by atoms with Crippen LogP contribution in [0.4, 0.5) is 0 Å². The minimum absolute atomic E-state index is 0.120. The van der Waals surface area contributed by atoms with Gasteiger partial charge in [0.05, 0.1) is 0 Å². The molecule has 54 valence electrons. The zero-order chi connectivity index (χ0) is 7.56. The molecule has 1 aliphatic rings. The van der Waals surface area contributed by atoms with E-state index in [1.165, 1.54) is 0 Å². The summed E-state index contributed by atoms with van der Waals surface area (Å²) in [6.45, 7) is 10.7. The molecule has 0 aromatic heterocycles. The van der Waals surface area contributed by atoms with Gasteiger partial charge in [0, 0.05) is 0 Å². The predicted octanol–water partition coefficient (Wildman–Crippen LogP) is 1.61. The van der Waals surface area contributed by atoms with Crippen molar-refractivity contribution in [2.75, 3.05) is 0 Å². The second kappa shape index (κ2) is 2.60. The summed E-state index contributed by atoms with van der Waals surface area (Å²) in [5.41, 5.74) is 0. The minimum atomic E-state index is -0.120. The van der Waals surface area contributed by atoms with Crippen LogP contribution in [-0.2, 0) is 9.47 Å². The number of hydrogen-bond acceptors (Lipinski definition) is 2. The maximum absolute atomic E-state index is 5.11. The lowest BCUT2D eigenvalue weighted by molar-refractivity contribution is 0.156. The zero-order valence-corrected chi connectivity index (χ0v) is 5.75. The van der Waals surface area contributed by atoms with Gasteiger partial charge in [0.1, 0.15) is 0 Å². The molecule has 1 saturated heterocycles. The van der Waals surface area contributed by atoms with Crippen molar-refractivity contribution >= 4 is 0 Å². The maximum atomic E-state index is 5.11. The van der Waals surface area contributed by atoms with Crippen molar-refractivity contribution in [3.63, 3.8) is 0 Å². The van der Waals surface area contributed by atoms with Gasteiger partial charge >= 0.3 is 0 Å². The van der Waals surface area contributed by atoms with Gasteiger partial charge in [0.2, 0.25) is 0 Å². The molecule has 0 radical (unpaired) electrons. The van der Waals surface area contributed by atoms with E-state index in [-0.39, 0.29) is 12.2 Å². The molecular weight excluding hydrogens is 128 g/mol. The van der Waals surface area contributed by atoms with E-state index in [1.807, 2.05) is 0 Å². The van der Waals surface area contributed by atoms with E-state index in [9.17, 15) is 0 Å². The van der Waals surface area contributed by atoms with Crippen LogP contribution in [0.2, 0.25) is 0 Å². The van der Waals surface area contributed by atoms with Crippen LogP contribution in [0.1, 0.15) is 0 Å². The summed E-state index contributed by atoms with van der Waals surface area (Å²) in [7, 11) is 0. The van der Waals surface area contributed by atoms with E-state index in [4.69, 9.17) is 9.47 Å². The third-order valence-electron chi connectivity index (χ3n) is 1.32. The molecule has 0 spiro atoms. The summed E-state index contributed by atoms with van der Waals surface area (Å²) in [5.74, 6) is 0.342. The van der Waals surface area contributed by atoms with Crippen LogP contribution < -0.4 is 0 Å². The van der Waals surface area contributed by atoms with Crippen molar-refractivity contribution in [2.24, 2.45) is 0 Å². The first-order valence-corrected chi connectivity index (χ1v) is 3.05. The van der Waals surface area contributed by atoms with Crippen LogP contribution in [0.15, 0.2) is 37.8 Å². The van der Waals surface area contributed by atoms with Crippen LogP contribution in [-0.4, -0.2) is 12.2 Å². The van der Waals surface area contributed by atoms with E-state index in [1.54, 1.807) is 12.2 Å². The molecule has 0 aliphatic carbocycles. The first-order valence-electron chi connectivity index (χ1n) is 3.05. The lowest BCUT2D eigenvalue weighted by Crippen LogP contribution is -2.16. The Balaban J connectivity index is 2.65. The van der Waals surface area contributed by atoms with Gasteiger partial charge in [0.25, 0.3) is 5.95 Å². The summed E-state index contributed by atoms with van der Waals surface area (Å²) in [4.78, 5) is 0. The lowest BCUT2D eigenvalue weighted by atomic mass is 10.2. The van der Waals surface area contributed by atoms with Crippen molar-refractivity contribution < 1.29 is 9.47 Å². The summed E-state index contributed by atoms with van der Waals surface area (Å²) in [6, 6.07) is 0. The summed E-state index contributed by atoms with van der Waals surface area (Å²) in [5, 5.41) is 0. The lowest BCUT2D eigenvalue weighted by Gasteiger charge is -2.04. The highest BCUT2D eigenvalue weighted by molar-refractivity contribution is 5.03. The number of hydrogen-bond donors (Lipinski definition) is 0. The standard InChI is InChI=1S/C8H10O2/c1-4-7-8(5-2)10-6(3)9-7/h4-5,7-8H,1-3H2. The molecule has 0 aromatic rings. The highest BCUT2D eigenvalue weighted by Crippen LogP contribution is 2.21. The summed E-state index contributed by atoms with van der Waals surface area (Å²) >= 11 is 0. The molecule has 1 heterocycles. The third kappa shape index (κ3) is 1.05. The van der Waals surface area contributed by atoms with Gasteiger partial charge in [-0.05, 0) is 18.7 Å². The topological polar surface area (TPSA) is 18.5 Å². The van der Waals surface area contributed by atoms with E-state index >= 15 is 0 Å². The van der Waals surface area contributed by atoms with Crippen molar-refractivity contribution in [1.82, 2.24) is 0 Å². The molecule has 0 aromatic carbocycles. The fourth-order valence-electron chi connectivity index (χ4n) is 0.830. The van der Waals surface area contributed by atoms with Crippen molar-refractivity contribution in [3.8, 4) is 0 Å². The molecule has 1 aliphatic heterocycles. The van der Waals surface area contributed by atoms with Gasteiger partial charge in [-0.2, -0.15) is 0 Å². The second-order valence-electron chi connectivity index (χ2n) is 2.01. The molecule has 1 rings (SSSR count). The quantitative estimate of drug-likeness (QED) is 0.540. The molecular formula is C8H10O2. The Hall–Kier alpha value is -1.18. The van der Waals surface area contributed by atoms with Gasteiger partial charge in [0.15, 0.2) is 12.2 Å². The number of rotatable bonds is 2. The number of ether oxygens (including phenoxy) is 2. The Kier molecular flexibility index (Phi) is 1.81. The average molecular weight is 138 g/mol. The van der Waals surface area contributed by atoms with E-state index in [0.717, 1.165) is 0 Å². The Labute approximate surface area is 60.4 Å². The van der Waals surface area contributed by atoms with Crippen LogP contribution in [0.25, 0.3) is 0 Å².